The maximum absolute atomic E-state index is 13.5. The second-order valence-electron chi connectivity index (χ2n) is 5.18. The van der Waals surface area contributed by atoms with E-state index in [4.69, 9.17) is 0 Å². The molecule has 1 N–H and O–H groups in total. The lowest BCUT2D eigenvalue weighted by molar-refractivity contribution is -0.116. The average molecular weight is 318 g/mol. The van der Waals surface area contributed by atoms with Gasteiger partial charge >= 0.3 is 0 Å². The molecule has 0 aliphatic rings. The largest absolute Gasteiger partial charge is 0.332 e. The maximum Gasteiger partial charge on any atom is 0.254 e. The van der Waals surface area contributed by atoms with Crippen LogP contribution >= 0.6 is 0 Å². The molecule has 23 heavy (non-hydrogen) atoms. The normalized spacial score (nSPS) is 10.3. The number of carbonyl (C=O) groups excluding carboxylic acids is 2. The lowest BCUT2D eigenvalue weighted by Gasteiger charge is -2.17. The number of nitrogens with zero attached hydrogens (tertiary/aromatic N) is 1. The van der Waals surface area contributed by atoms with Gasteiger partial charge in [-0.1, -0.05) is 6.07 Å². The van der Waals surface area contributed by atoms with E-state index in [2.05, 4.69) is 5.32 Å². The van der Waals surface area contributed by atoms with Crippen molar-refractivity contribution in [3.8, 4) is 0 Å². The number of benzene rings is 2. The van der Waals surface area contributed by atoms with E-state index in [1.807, 2.05) is 0 Å². The Morgan fingerprint density at radius 2 is 1.74 bits per heavy atom. The minimum Gasteiger partial charge on any atom is -0.332 e. The van der Waals surface area contributed by atoms with E-state index in [-0.39, 0.29) is 12.1 Å². The number of hydrogen-bond acceptors (Lipinski definition) is 2. The third-order valence-corrected chi connectivity index (χ3v) is 3.27. The van der Waals surface area contributed by atoms with E-state index in [1.54, 1.807) is 6.92 Å². The Morgan fingerprint density at radius 1 is 1.09 bits per heavy atom. The molecule has 0 aromatic heterocycles. The highest BCUT2D eigenvalue weighted by Gasteiger charge is 2.16. The summed E-state index contributed by atoms with van der Waals surface area (Å²) < 4.78 is 26.3. The van der Waals surface area contributed by atoms with Crippen molar-refractivity contribution in [2.24, 2.45) is 0 Å². The molecular weight excluding hydrogens is 302 g/mol. The summed E-state index contributed by atoms with van der Waals surface area (Å²) in [6, 6.07) is 9.45. The van der Waals surface area contributed by atoms with Gasteiger partial charge in [0.05, 0.1) is 6.54 Å². The van der Waals surface area contributed by atoms with Crippen LogP contribution in [0.2, 0.25) is 0 Å². The van der Waals surface area contributed by atoms with Crippen LogP contribution in [0.3, 0.4) is 0 Å². The van der Waals surface area contributed by atoms with Crippen LogP contribution in [0.25, 0.3) is 0 Å². The number of rotatable bonds is 4. The fraction of sp³-hybridized carbons (Fsp3) is 0.176. The summed E-state index contributed by atoms with van der Waals surface area (Å²) >= 11 is 0. The third-order valence-electron chi connectivity index (χ3n) is 3.27. The molecule has 0 aliphatic heterocycles. The second kappa shape index (κ2) is 7.00. The number of halogens is 2. The van der Waals surface area contributed by atoms with Crippen molar-refractivity contribution < 1.29 is 18.4 Å². The van der Waals surface area contributed by atoms with Crippen molar-refractivity contribution in [2.45, 2.75) is 6.92 Å². The molecule has 0 unspecified atom stereocenters. The van der Waals surface area contributed by atoms with E-state index in [1.165, 1.54) is 48.3 Å². The number of amides is 2. The Labute approximate surface area is 132 Å². The number of aryl methyl sites for hydroxylation is 1. The van der Waals surface area contributed by atoms with Crippen LogP contribution in [-0.4, -0.2) is 30.3 Å². The summed E-state index contributed by atoms with van der Waals surface area (Å²) in [5, 5.41) is 2.55. The number of anilines is 1. The molecule has 6 heteroatoms. The molecule has 0 radical (unpaired) electrons. The first-order chi connectivity index (χ1) is 10.9. The van der Waals surface area contributed by atoms with Gasteiger partial charge in [0, 0.05) is 18.3 Å². The van der Waals surface area contributed by atoms with Crippen molar-refractivity contribution in [1.29, 1.82) is 0 Å². The second-order valence-corrected chi connectivity index (χ2v) is 5.18. The highest BCUT2D eigenvalue weighted by atomic mass is 19.1. The SMILES string of the molecule is Cc1ccc(C(=O)N(C)CC(=O)Nc2ccc(F)cc2)cc1F. The number of likely N-dealkylation sites (N-methyl/N-ethyl adjacent to an activating group) is 1. The summed E-state index contributed by atoms with van der Waals surface area (Å²) in [6.45, 7) is 1.40. The third kappa shape index (κ3) is 4.35. The van der Waals surface area contributed by atoms with Crippen LogP contribution in [0.5, 0.6) is 0 Å². The van der Waals surface area contributed by atoms with Crippen LogP contribution in [0, 0.1) is 18.6 Å². The van der Waals surface area contributed by atoms with E-state index in [0.717, 1.165) is 6.07 Å². The number of carbonyl (C=O) groups is 2. The Balaban J connectivity index is 1.98. The zero-order chi connectivity index (χ0) is 17.0. The molecule has 120 valence electrons. The first-order valence-electron chi connectivity index (χ1n) is 6.94. The molecule has 0 heterocycles. The molecule has 0 fully saturated rings. The van der Waals surface area contributed by atoms with Gasteiger partial charge in [0.15, 0.2) is 0 Å². The molecule has 0 aliphatic carbocycles. The van der Waals surface area contributed by atoms with Gasteiger partial charge in [-0.3, -0.25) is 9.59 Å². The fourth-order valence-corrected chi connectivity index (χ4v) is 1.97. The molecule has 0 bridgehead atoms. The van der Waals surface area contributed by atoms with Gasteiger partial charge in [-0.2, -0.15) is 0 Å². The van der Waals surface area contributed by atoms with Gasteiger partial charge in [0.1, 0.15) is 11.6 Å². The predicted octanol–water partition coefficient (Wildman–Crippen LogP) is 2.98. The Bertz CT molecular complexity index is 730. The standard InChI is InChI=1S/C17H16F2N2O2/c1-11-3-4-12(9-15(11)19)17(23)21(2)10-16(22)20-14-7-5-13(18)6-8-14/h3-9H,10H2,1-2H3,(H,20,22). The summed E-state index contributed by atoms with van der Waals surface area (Å²) in [7, 11) is 1.45. The van der Waals surface area contributed by atoms with Gasteiger partial charge < -0.3 is 10.2 Å². The van der Waals surface area contributed by atoms with Crippen molar-refractivity contribution in [3.63, 3.8) is 0 Å². The highest BCUT2D eigenvalue weighted by Crippen LogP contribution is 2.12. The lowest BCUT2D eigenvalue weighted by atomic mass is 10.1. The Hall–Kier alpha value is -2.76. The van der Waals surface area contributed by atoms with Crippen LogP contribution in [0.1, 0.15) is 15.9 Å². The molecule has 2 aromatic carbocycles. The van der Waals surface area contributed by atoms with Crippen LogP contribution < -0.4 is 5.32 Å². The molecule has 0 saturated carbocycles. The van der Waals surface area contributed by atoms with Gasteiger partial charge in [0.2, 0.25) is 5.91 Å². The first kappa shape index (κ1) is 16.6. The monoisotopic (exact) mass is 318 g/mol. The van der Waals surface area contributed by atoms with Crippen molar-refractivity contribution >= 4 is 17.5 Å². The van der Waals surface area contributed by atoms with Crippen LogP contribution in [-0.2, 0) is 4.79 Å². The summed E-state index contributed by atoms with van der Waals surface area (Å²) in [5.74, 6) is -1.77. The van der Waals surface area contributed by atoms with Crippen LogP contribution in [0.15, 0.2) is 42.5 Å². The van der Waals surface area contributed by atoms with Gasteiger partial charge in [0.25, 0.3) is 5.91 Å². The van der Waals surface area contributed by atoms with E-state index < -0.39 is 23.4 Å². The van der Waals surface area contributed by atoms with Gasteiger partial charge in [-0.15, -0.1) is 0 Å². The minimum absolute atomic E-state index is 0.171. The van der Waals surface area contributed by atoms with E-state index >= 15 is 0 Å². The maximum atomic E-state index is 13.5. The Morgan fingerprint density at radius 3 is 2.35 bits per heavy atom. The molecule has 2 rings (SSSR count). The van der Waals surface area contributed by atoms with Crippen molar-refractivity contribution in [2.75, 3.05) is 18.9 Å². The minimum atomic E-state index is -0.472. The molecular formula is C17H16F2N2O2. The summed E-state index contributed by atoms with van der Waals surface area (Å²) in [4.78, 5) is 25.2. The van der Waals surface area contributed by atoms with Crippen molar-refractivity contribution in [3.05, 3.63) is 65.2 Å². The molecule has 2 aromatic rings. The smallest absolute Gasteiger partial charge is 0.254 e. The molecule has 2 amide bonds. The molecule has 4 nitrogen and oxygen atoms in total. The number of nitrogens with one attached hydrogen (secondary N) is 1. The molecule has 0 saturated heterocycles. The van der Waals surface area contributed by atoms with Crippen LogP contribution in [0.4, 0.5) is 14.5 Å². The quantitative estimate of drug-likeness (QED) is 0.942. The van der Waals surface area contributed by atoms with Crippen molar-refractivity contribution in [1.82, 2.24) is 4.90 Å². The van der Waals surface area contributed by atoms with E-state index in [0.29, 0.717) is 11.3 Å². The van der Waals surface area contributed by atoms with Gasteiger partial charge in [-0.05, 0) is 48.9 Å². The van der Waals surface area contributed by atoms with E-state index in [9.17, 15) is 18.4 Å². The lowest BCUT2D eigenvalue weighted by Crippen LogP contribution is -2.35. The average Bonchev–Trinajstić information content (AvgIpc) is 2.51. The summed E-state index contributed by atoms with van der Waals surface area (Å²) in [6.07, 6.45) is 0. The topological polar surface area (TPSA) is 49.4 Å². The first-order valence-corrected chi connectivity index (χ1v) is 6.94. The zero-order valence-electron chi connectivity index (χ0n) is 12.8. The predicted molar refractivity (Wildman–Crippen MR) is 83.1 cm³/mol. The molecule has 0 atom stereocenters. The molecule has 0 spiro atoms. The summed E-state index contributed by atoms with van der Waals surface area (Å²) in [5.41, 5.74) is 1.04. The highest BCUT2D eigenvalue weighted by molar-refractivity contribution is 5.99. The zero-order valence-corrected chi connectivity index (χ0v) is 12.8. The van der Waals surface area contributed by atoms with Gasteiger partial charge in [-0.25, -0.2) is 8.78 Å². The Kier molecular flexibility index (Phi) is 5.05. The fourth-order valence-electron chi connectivity index (χ4n) is 1.97. The number of hydrogen-bond donors (Lipinski definition) is 1.